The zero-order chi connectivity index (χ0) is 5.82. The van der Waals surface area contributed by atoms with Crippen LogP contribution in [0.25, 0.3) is 0 Å². The lowest BCUT2D eigenvalue weighted by molar-refractivity contribution is -0.0304. The monoisotopic (exact) mass is 117 g/mol. The molecule has 0 aliphatic carbocycles. The molecule has 0 aromatic heterocycles. The lowest BCUT2D eigenvalue weighted by atomic mass is 10.1. The Morgan fingerprint density at radius 2 is 2.50 bits per heavy atom. The molecule has 0 radical (unpaired) electrons. The third kappa shape index (κ3) is 1.46. The summed E-state index contributed by atoms with van der Waals surface area (Å²) in [4.78, 5) is 0. The van der Waals surface area contributed by atoms with Crippen LogP contribution in [-0.4, -0.2) is 26.3 Å². The zero-order valence-electron chi connectivity index (χ0n) is 5.31. The molecule has 8 heavy (non-hydrogen) atoms. The van der Waals surface area contributed by atoms with Gasteiger partial charge >= 0.3 is 0 Å². The van der Waals surface area contributed by atoms with Crippen LogP contribution in [0.5, 0.6) is 0 Å². The van der Waals surface area contributed by atoms with E-state index in [1.807, 2.05) is 0 Å². The number of nitrogens with one attached hydrogen (secondary N) is 1. The first-order valence-corrected chi connectivity index (χ1v) is 3.22. The molecule has 0 spiro atoms. The van der Waals surface area contributed by atoms with Crippen molar-refractivity contribution in [2.45, 2.75) is 6.92 Å². The summed E-state index contributed by atoms with van der Waals surface area (Å²) in [5.74, 6) is 0.801. The van der Waals surface area contributed by atoms with Crippen molar-refractivity contribution in [3.05, 3.63) is 0 Å². The molecule has 50 valence electrons. The summed E-state index contributed by atoms with van der Waals surface area (Å²) in [6.07, 6.45) is 0. The Hall–Kier alpha value is -0.0800. The Balaban J connectivity index is 0.000000640. The smallest absolute Gasteiger partial charge is 0.0528 e. The average molecular weight is 117 g/mol. The molecule has 0 amide bonds. The maximum atomic E-state index is 4.99. The van der Waals surface area contributed by atoms with Crippen molar-refractivity contribution in [3.63, 3.8) is 0 Å². The fraction of sp³-hybridized carbons (Fsp3) is 1.00. The highest BCUT2D eigenvalue weighted by Gasteiger charge is 2.16. The van der Waals surface area contributed by atoms with E-state index in [1.165, 1.54) is 0 Å². The molecule has 0 saturated carbocycles. The van der Waals surface area contributed by atoms with Gasteiger partial charge in [0.1, 0.15) is 0 Å². The summed E-state index contributed by atoms with van der Waals surface area (Å²) in [5, 5.41) is 3.27. The lowest BCUT2D eigenvalue weighted by Crippen LogP contribution is -2.36. The van der Waals surface area contributed by atoms with Crippen molar-refractivity contribution in [2.75, 3.05) is 26.3 Å². The van der Waals surface area contributed by atoms with Crippen molar-refractivity contribution in [3.8, 4) is 0 Å². The van der Waals surface area contributed by atoms with Crippen LogP contribution in [0.15, 0.2) is 0 Å². The quantitative estimate of drug-likeness (QED) is 0.581. The molecule has 1 aliphatic rings. The summed E-state index contributed by atoms with van der Waals surface area (Å²) in [6.45, 7) is 6.27. The molecule has 2 nitrogen and oxygen atoms in total. The lowest BCUT2D eigenvalue weighted by Gasteiger charge is -2.25. The molecular weight excluding hydrogens is 102 g/mol. The van der Waals surface area contributed by atoms with Gasteiger partial charge in [-0.1, -0.05) is 6.92 Å². The summed E-state index contributed by atoms with van der Waals surface area (Å²) in [7, 11) is 0. The van der Waals surface area contributed by atoms with Gasteiger partial charge in [0.15, 0.2) is 0 Å². The zero-order valence-corrected chi connectivity index (χ0v) is 5.31. The van der Waals surface area contributed by atoms with Gasteiger partial charge in [-0.15, -0.1) is 0 Å². The van der Waals surface area contributed by atoms with E-state index in [1.54, 1.807) is 0 Å². The van der Waals surface area contributed by atoms with Crippen LogP contribution in [0.2, 0.25) is 0 Å². The van der Waals surface area contributed by atoms with Crippen molar-refractivity contribution in [1.82, 2.24) is 5.32 Å². The molecule has 1 rings (SSSR count). The topological polar surface area (TPSA) is 21.3 Å². The number of hydrogen-bond donors (Lipinski definition) is 1. The standard InChI is InChI=1S/C6H13NO.H2/c1-2-7-3-6-4-8-5-6;/h6-7H,2-5H2,1H3;1H. The highest BCUT2D eigenvalue weighted by atomic mass is 16.5. The Labute approximate surface area is 51.7 Å². The minimum Gasteiger partial charge on any atom is -0.381 e. The average Bonchev–Trinajstić information content (AvgIpc) is 1.63. The van der Waals surface area contributed by atoms with Crippen LogP contribution < -0.4 is 5.32 Å². The van der Waals surface area contributed by atoms with Crippen LogP contribution in [0, 0.1) is 5.92 Å². The Kier molecular flexibility index (Phi) is 2.30. The van der Waals surface area contributed by atoms with E-state index in [4.69, 9.17) is 4.74 Å². The minimum absolute atomic E-state index is 0. The van der Waals surface area contributed by atoms with Gasteiger partial charge < -0.3 is 10.1 Å². The molecule has 1 N–H and O–H groups in total. The Bertz CT molecular complexity index is 66.1. The van der Waals surface area contributed by atoms with Crippen molar-refractivity contribution >= 4 is 0 Å². The van der Waals surface area contributed by atoms with E-state index >= 15 is 0 Å². The second-order valence-corrected chi connectivity index (χ2v) is 2.21. The first kappa shape index (κ1) is 6.05. The van der Waals surface area contributed by atoms with Gasteiger partial charge in [-0.2, -0.15) is 0 Å². The minimum atomic E-state index is 0. The number of hydrogen-bond acceptors (Lipinski definition) is 2. The molecule has 2 heteroatoms. The molecular formula is C6H15NO. The predicted octanol–water partition coefficient (Wildman–Crippen LogP) is 0.488. The van der Waals surface area contributed by atoms with Gasteiger partial charge in [-0.25, -0.2) is 0 Å². The molecule has 0 unspecified atom stereocenters. The molecule has 0 aromatic rings. The van der Waals surface area contributed by atoms with Crippen molar-refractivity contribution in [2.24, 2.45) is 5.92 Å². The molecule has 1 fully saturated rings. The maximum absolute atomic E-state index is 4.99. The fourth-order valence-corrected chi connectivity index (χ4v) is 0.751. The summed E-state index contributed by atoms with van der Waals surface area (Å²) >= 11 is 0. The largest absolute Gasteiger partial charge is 0.381 e. The molecule has 0 bridgehead atoms. The van der Waals surface area contributed by atoms with Crippen LogP contribution in [0.3, 0.4) is 0 Å². The second-order valence-electron chi connectivity index (χ2n) is 2.21. The van der Waals surface area contributed by atoms with Gasteiger partial charge in [0.2, 0.25) is 0 Å². The first-order chi connectivity index (χ1) is 3.93. The normalized spacial score (nSPS) is 20.6. The van der Waals surface area contributed by atoms with Crippen LogP contribution in [-0.2, 0) is 4.74 Å². The van der Waals surface area contributed by atoms with E-state index in [0.717, 1.165) is 32.2 Å². The molecule has 1 heterocycles. The highest BCUT2D eigenvalue weighted by molar-refractivity contribution is 4.66. The van der Waals surface area contributed by atoms with Crippen LogP contribution in [0.1, 0.15) is 8.35 Å². The number of rotatable bonds is 3. The van der Waals surface area contributed by atoms with Gasteiger partial charge in [0.25, 0.3) is 0 Å². The third-order valence-electron chi connectivity index (χ3n) is 1.39. The van der Waals surface area contributed by atoms with Crippen LogP contribution >= 0.6 is 0 Å². The highest BCUT2D eigenvalue weighted by Crippen LogP contribution is 2.06. The van der Waals surface area contributed by atoms with E-state index in [-0.39, 0.29) is 1.43 Å². The Morgan fingerprint density at radius 3 is 2.88 bits per heavy atom. The first-order valence-electron chi connectivity index (χ1n) is 3.22. The van der Waals surface area contributed by atoms with Gasteiger partial charge in [0, 0.05) is 13.9 Å². The third-order valence-corrected chi connectivity index (χ3v) is 1.39. The van der Waals surface area contributed by atoms with Crippen molar-refractivity contribution < 1.29 is 6.16 Å². The summed E-state index contributed by atoms with van der Waals surface area (Å²) in [5.41, 5.74) is 0. The van der Waals surface area contributed by atoms with Crippen LogP contribution in [0.4, 0.5) is 0 Å². The summed E-state index contributed by atoms with van der Waals surface area (Å²) in [6, 6.07) is 0. The van der Waals surface area contributed by atoms with Gasteiger partial charge in [-0.3, -0.25) is 0 Å². The van der Waals surface area contributed by atoms with Gasteiger partial charge in [-0.05, 0) is 6.54 Å². The van der Waals surface area contributed by atoms with E-state index in [2.05, 4.69) is 12.2 Å². The SMILES string of the molecule is CCNCC1COC1.[HH]. The van der Waals surface area contributed by atoms with E-state index in [9.17, 15) is 0 Å². The second kappa shape index (κ2) is 3.05. The molecule has 0 aromatic carbocycles. The summed E-state index contributed by atoms with van der Waals surface area (Å²) < 4.78 is 4.99. The van der Waals surface area contributed by atoms with E-state index < -0.39 is 0 Å². The van der Waals surface area contributed by atoms with Gasteiger partial charge in [0.05, 0.1) is 13.2 Å². The van der Waals surface area contributed by atoms with Crippen molar-refractivity contribution in [1.29, 1.82) is 0 Å². The predicted molar refractivity (Wildman–Crippen MR) is 35.0 cm³/mol. The fourth-order valence-electron chi connectivity index (χ4n) is 0.751. The number of ether oxygens (including phenoxy) is 1. The molecule has 0 atom stereocenters. The maximum Gasteiger partial charge on any atom is 0.0528 e. The van der Waals surface area contributed by atoms with E-state index in [0.29, 0.717) is 0 Å². The molecule has 1 aliphatic heterocycles. The Morgan fingerprint density at radius 1 is 1.75 bits per heavy atom. The molecule has 1 saturated heterocycles.